The maximum absolute atomic E-state index is 12.5. The van der Waals surface area contributed by atoms with Gasteiger partial charge in [-0.05, 0) is 36.4 Å². The molecule has 0 unspecified atom stereocenters. The van der Waals surface area contributed by atoms with E-state index < -0.39 is 0 Å². The summed E-state index contributed by atoms with van der Waals surface area (Å²) in [4.78, 5) is 46.8. The van der Waals surface area contributed by atoms with Crippen LogP contribution in [0, 0.1) is 0 Å². The summed E-state index contributed by atoms with van der Waals surface area (Å²) in [5.74, 6) is 0.0224. The van der Waals surface area contributed by atoms with Gasteiger partial charge in [0.2, 0.25) is 11.8 Å². The molecule has 0 saturated carbocycles. The van der Waals surface area contributed by atoms with Crippen molar-refractivity contribution in [2.45, 2.75) is 12.8 Å². The Morgan fingerprint density at radius 1 is 1.06 bits per heavy atom. The van der Waals surface area contributed by atoms with Gasteiger partial charge < -0.3 is 15.0 Å². The third-order valence-corrected chi connectivity index (χ3v) is 7.83. The van der Waals surface area contributed by atoms with Crippen LogP contribution in [-0.4, -0.2) is 74.0 Å². The van der Waals surface area contributed by atoms with Crippen LogP contribution in [0.5, 0.6) is 5.75 Å². The number of amides is 3. The van der Waals surface area contributed by atoms with Gasteiger partial charge in [0.05, 0.1) is 22.5 Å². The lowest BCUT2D eigenvalue weighted by molar-refractivity contribution is -0.121. The van der Waals surface area contributed by atoms with Crippen molar-refractivity contribution in [3.63, 3.8) is 0 Å². The Morgan fingerprint density at radius 3 is 2.42 bits per heavy atom. The largest absolute Gasteiger partial charge is 0.493 e. The van der Waals surface area contributed by atoms with Crippen molar-refractivity contribution in [1.82, 2.24) is 15.2 Å². The summed E-state index contributed by atoms with van der Waals surface area (Å²) in [6.45, 7) is 4.71. The Balaban J connectivity index is 1.10. The van der Waals surface area contributed by atoms with Crippen molar-refractivity contribution in [2.24, 2.45) is 0 Å². The molecule has 3 heterocycles. The molecule has 0 bridgehead atoms. The molecule has 0 atom stereocenters. The molecular formula is C25H26ClN5O4S. The fraction of sp³-hybridized carbons (Fsp3) is 0.360. The highest BCUT2D eigenvalue weighted by molar-refractivity contribution is 7.22. The average Bonchev–Trinajstić information content (AvgIpc) is 3.47. The van der Waals surface area contributed by atoms with Gasteiger partial charge in [-0.1, -0.05) is 22.9 Å². The molecule has 2 aromatic carbocycles. The number of fused-ring (bicyclic) bond motifs is 1. The molecule has 3 aromatic rings. The lowest BCUT2D eigenvalue weighted by Crippen LogP contribution is -2.48. The number of ether oxygens (including phenoxy) is 1. The SMILES string of the molecule is COc1c(Cl)ccc2sc(N3CCN(CCNC(=O)c4ccc(N5C(=O)CCC5=O)cc4)CC3)nc12. The van der Waals surface area contributed by atoms with Gasteiger partial charge >= 0.3 is 0 Å². The number of aromatic nitrogens is 1. The average molecular weight is 528 g/mol. The molecule has 5 rings (SSSR count). The minimum Gasteiger partial charge on any atom is -0.493 e. The van der Waals surface area contributed by atoms with E-state index in [4.69, 9.17) is 21.3 Å². The minimum absolute atomic E-state index is 0.179. The van der Waals surface area contributed by atoms with Gasteiger partial charge in [-0.3, -0.25) is 24.2 Å². The van der Waals surface area contributed by atoms with Crippen LogP contribution in [0.4, 0.5) is 10.8 Å². The predicted molar refractivity (Wildman–Crippen MR) is 140 cm³/mol. The molecule has 2 aliphatic heterocycles. The van der Waals surface area contributed by atoms with Crippen LogP contribution in [0.15, 0.2) is 36.4 Å². The second kappa shape index (κ2) is 10.4. The molecule has 1 N–H and O–H groups in total. The van der Waals surface area contributed by atoms with E-state index in [0.29, 0.717) is 28.6 Å². The van der Waals surface area contributed by atoms with E-state index in [9.17, 15) is 14.4 Å². The number of thiazole rings is 1. The molecule has 2 aliphatic rings. The lowest BCUT2D eigenvalue weighted by Gasteiger charge is -2.34. The fourth-order valence-electron chi connectivity index (χ4n) is 4.48. The monoisotopic (exact) mass is 527 g/mol. The Kier molecular flexibility index (Phi) is 7.08. The highest BCUT2D eigenvalue weighted by Crippen LogP contribution is 2.38. The first-order chi connectivity index (χ1) is 17.4. The standard InChI is InChI=1S/C25H26ClN5O4S/c1-35-23-18(26)6-7-19-22(23)28-25(36-19)30-14-12-29(13-15-30)11-10-27-24(34)16-2-4-17(5-3-16)31-20(32)8-9-21(31)33/h2-7H,8-15H2,1H3,(H,27,34). The number of halogens is 1. The topological polar surface area (TPSA) is 95.1 Å². The highest BCUT2D eigenvalue weighted by atomic mass is 35.5. The minimum atomic E-state index is -0.204. The van der Waals surface area contributed by atoms with Crippen LogP contribution in [-0.2, 0) is 9.59 Å². The first-order valence-corrected chi connectivity index (χ1v) is 13.0. The molecule has 1 aromatic heterocycles. The molecule has 36 heavy (non-hydrogen) atoms. The first kappa shape index (κ1) is 24.5. The summed E-state index contributed by atoms with van der Waals surface area (Å²) < 4.78 is 6.48. The molecule has 9 nitrogen and oxygen atoms in total. The fourth-order valence-corrected chi connectivity index (χ4v) is 5.73. The zero-order chi connectivity index (χ0) is 25.2. The maximum atomic E-state index is 12.5. The summed E-state index contributed by atoms with van der Waals surface area (Å²) >= 11 is 7.87. The van der Waals surface area contributed by atoms with E-state index in [1.165, 1.54) is 4.90 Å². The van der Waals surface area contributed by atoms with Crippen LogP contribution in [0.1, 0.15) is 23.2 Å². The van der Waals surface area contributed by atoms with E-state index >= 15 is 0 Å². The highest BCUT2D eigenvalue weighted by Gasteiger charge is 2.30. The number of benzene rings is 2. The van der Waals surface area contributed by atoms with Gasteiger partial charge in [0.15, 0.2) is 10.9 Å². The summed E-state index contributed by atoms with van der Waals surface area (Å²) in [5, 5.41) is 4.47. The predicted octanol–water partition coefficient (Wildman–Crippen LogP) is 3.16. The van der Waals surface area contributed by atoms with Crippen LogP contribution < -0.4 is 19.9 Å². The summed E-state index contributed by atoms with van der Waals surface area (Å²) in [6, 6.07) is 10.4. The first-order valence-electron chi connectivity index (χ1n) is 11.8. The Hall–Kier alpha value is -3.21. The maximum Gasteiger partial charge on any atom is 0.251 e. The van der Waals surface area contributed by atoms with Crippen molar-refractivity contribution in [1.29, 1.82) is 0 Å². The van der Waals surface area contributed by atoms with E-state index in [1.807, 2.05) is 12.1 Å². The number of hydrogen-bond donors (Lipinski definition) is 1. The van der Waals surface area contributed by atoms with E-state index in [0.717, 1.165) is 48.1 Å². The van der Waals surface area contributed by atoms with E-state index in [1.54, 1.807) is 42.7 Å². The number of nitrogens with zero attached hydrogens (tertiary/aromatic N) is 4. The summed E-state index contributed by atoms with van der Waals surface area (Å²) in [5.41, 5.74) is 1.79. The number of imide groups is 1. The molecule has 0 spiro atoms. The van der Waals surface area contributed by atoms with Crippen molar-refractivity contribution in [2.75, 3.05) is 56.2 Å². The number of piperazine rings is 1. The number of carbonyl (C=O) groups excluding carboxylic acids is 3. The van der Waals surface area contributed by atoms with Gasteiger partial charge in [-0.25, -0.2) is 4.98 Å². The zero-order valence-electron chi connectivity index (χ0n) is 19.8. The zero-order valence-corrected chi connectivity index (χ0v) is 21.4. The number of hydrogen-bond acceptors (Lipinski definition) is 8. The van der Waals surface area contributed by atoms with E-state index in [2.05, 4.69) is 15.1 Å². The molecule has 2 saturated heterocycles. The molecule has 2 fully saturated rings. The molecule has 3 amide bonds. The third-order valence-electron chi connectivity index (χ3n) is 6.45. The molecule has 0 aliphatic carbocycles. The molecular weight excluding hydrogens is 502 g/mol. The van der Waals surface area contributed by atoms with E-state index in [-0.39, 0.29) is 30.6 Å². The molecule has 188 valence electrons. The van der Waals surface area contributed by atoms with Gasteiger partial charge in [-0.2, -0.15) is 0 Å². The number of methoxy groups -OCH3 is 1. The third kappa shape index (κ3) is 4.88. The second-order valence-electron chi connectivity index (χ2n) is 8.68. The Bertz CT molecular complexity index is 1290. The van der Waals surface area contributed by atoms with Crippen LogP contribution in [0.25, 0.3) is 10.2 Å². The van der Waals surface area contributed by atoms with Crippen LogP contribution in [0.2, 0.25) is 5.02 Å². The molecule has 0 radical (unpaired) electrons. The smallest absolute Gasteiger partial charge is 0.251 e. The van der Waals surface area contributed by atoms with Crippen molar-refractivity contribution < 1.29 is 19.1 Å². The second-order valence-corrected chi connectivity index (χ2v) is 10.1. The van der Waals surface area contributed by atoms with Gasteiger partial charge in [0.25, 0.3) is 5.91 Å². The number of anilines is 2. The normalized spacial score (nSPS) is 16.7. The summed E-state index contributed by atoms with van der Waals surface area (Å²) in [7, 11) is 1.60. The number of nitrogens with one attached hydrogen (secondary N) is 1. The Labute approximate surface area is 217 Å². The lowest BCUT2D eigenvalue weighted by atomic mass is 10.2. The van der Waals surface area contributed by atoms with Crippen molar-refractivity contribution in [3.8, 4) is 5.75 Å². The van der Waals surface area contributed by atoms with Crippen LogP contribution >= 0.6 is 22.9 Å². The Morgan fingerprint density at radius 2 is 1.75 bits per heavy atom. The van der Waals surface area contributed by atoms with Gasteiger partial charge in [0.1, 0.15) is 5.52 Å². The number of carbonyl (C=O) groups is 3. The summed E-state index contributed by atoms with van der Waals surface area (Å²) in [6.07, 6.45) is 0.471. The van der Waals surface area contributed by atoms with Gasteiger partial charge in [-0.15, -0.1) is 0 Å². The van der Waals surface area contributed by atoms with Crippen LogP contribution in [0.3, 0.4) is 0 Å². The van der Waals surface area contributed by atoms with Crippen molar-refractivity contribution in [3.05, 3.63) is 47.0 Å². The van der Waals surface area contributed by atoms with Crippen molar-refractivity contribution >= 4 is 61.7 Å². The molecule has 11 heteroatoms. The quantitative estimate of drug-likeness (QED) is 0.471. The van der Waals surface area contributed by atoms with Gasteiger partial charge in [0, 0.05) is 57.7 Å². The number of rotatable bonds is 7.